The SMILES string of the molecule is O[Si](O)(O)S.[AlH3].[NaH]. The zero-order valence-corrected chi connectivity index (χ0v) is 4.18. The summed E-state index contributed by atoms with van der Waals surface area (Å²) in [5.41, 5.74) is 0. The molecule has 7 heteroatoms. The molecule has 3 nitrogen and oxygen atoms in total. The minimum atomic E-state index is -3.92. The van der Waals surface area contributed by atoms with Crippen molar-refractivity contribution in [3.63, 3.8) is 0 Å². The molecule has 0 radical (unpaired) electrons. The van der Waals surface area contributed by atoms with Gasteiger partial charge in [-0.25, -0.2) is 0 Å². The van der Waals surface area contributed by atoms with Crippen LogP contribution in [0.1, 0.15) is 0 Å². The zero-order valence-electron chi connectivity index (χ0n) is 2.29. The molecule has 0 aromatic rings. The summed E-state index contributed by atoms with van der Waals surface area (Å²) in [7, 11) is -3.92. The summed E-state index contributed by atoms with van der Waals surface area (Å²) < 4.78 is 0. The number of hydrogen-bond acceptors (Lipinski definition) is 4. The molecule has 3 N–H and O–H groups in total. The molecule has 0 spiro atoms. The van der Waals surface area contributed by atoms with Gasteiger partial charge in [0.05, 0.1) is 0 Å². The van der Waals surface area contributed by atoms with Gasteiger partial charge in [0.1, 0.15) is 0 Å². The third-order valence-electron chi connectivity index (χ3n) is 0. The van der Waals surface area contributed by atoms with Gasteiger partial charge in [0.25, 0.3) is 0 Å². The van der Waals surface area contributed by atoms with Crippen molar-refractivity contribution in [3.05, 3.63) is 0 Å². The third kappa shape index (κ3) is 72.8. The predicted molar refractivity (Wildman–Crippen MR) is 38.5 cm³/mol. The molecular formula is H8AlNaO3SSi. The molecule has 0 bridgehead atoms. The first-order valence-corrected chi connectivity index (χ1v) is 4.02. The summed E-state index contributed by atoms with van der Waals surface area (Å²) in [6, 6.07) is 0. The van der Waals surface area contributed by atoms with E-state index in [2.05, 4.69) is 12.1 Å². The van der Waals surface area contributed by atoms with Gasteiger partial charge >= 0.3 is 37.5 Å². The van der Waals surface area contributed by atoms with Crippen LogP contribution in [0.15, 0.2) is 0 Å². The van der Waals surface area contributed by atoms with Crippen molar-refractivity contribution < 1.29 is 14.4 Å². The van der Waals surface area contributed by atoms with Gasteiger partial charge in [0.15, 0.2) is 17.4 Å². The van der Waals surface area contributed by atoms with E-state index in [0.29, 0.717) is 0 Å². The van der Waals surface area contributed by atoms with Crippen molar-refractivity contribution in [1.82, 2.24) is 0 Å². The van der Waals surface area contributed by atoms with Crippen LogP contribution in [0.3, 0.4) is 0 Å². The average Bonchev–Trinajstić information content (AvgIpc) is 0.722. The van der Waals surface area contributed by atoms with E-state index in [1.807, 2.05) is 0 Å². The third-order valence-corrected chi connectivity index (χ3v) is 0. The van der Waals surface area contributed by atoms with Crippen LogP contribution < -0.4 is 0 Å². The molecule has 0 fully saturated rings. The summed E-state index contributed by atoms with van der Waals surface area (Å²) in [4.78, 5) is 22.9. The molecule has 0 aliphatic heterocycles. The van der Waals surface area contributed by atoms with Gasteiger partial charge in [-0.2, -0.15) is 0 Å². The fourth-order valence-electron chi connectivity index (χ4n) is 0. The Kier molecular flexibility index (Phi) is 13.9. The van der Waals surface area contributed by atoms with Gasteiger partial charge in [-0.1, -0.05) is 0 Å². The molecule has 0 amide bonds. The van der Waals surface area contributed by atoms with Crippen LogP contribution in [-0.4, -0.2) is 69.3 Å². The van der Waals surface area contributed by atoms with Crippen molar-refractivity contribution >= 4 is 67.0 Å². The van der Waals surface area contributed by atoms with Gasteiger partial charge in [0.2, 0.25) is 0 Å². The molecule has 0 heterocycles. The molecule has 0 aromatic carbocycles. The van der Waals surface area contributed by atoms with E-state index in [0.717, 1.165) is 0 Å². The number of thiol groups is 1. The van der Waals surface area contributed by atoms with Crippen LogP contribution in [0.2, 0.25) is 0 Å². The second kappa shape index (κ2) is 6.10. The molecule has 0 rings (SSSR count). The molecule has 7 heavy (non-hydrogen) atoms. The molecule has 0 aliphatic rings. The Balaban J connectivity index is -0.0000000800. The summed E-state index contributed by atoms with van der Waals surface area (Å²) in [5, 5.41) is 0. The quantitative estimate of drug-likeness (QED) is 0.223. The van der Waals surface area contributed by atoms with Gasteiger partial charge in [-0.05, 0) is 0 Å². The first-order valence-electron chi connectivity index (χ1n) is 0.894. The minimum absolute atomic E-state index is 0. The average molecular weight is 166 g/mol. The zero-order chi connectivity index (χ0) is 4.50. The Labute approximate surface area is 80.6 Å². The van der Waals surface area contributed by atoms with E-state index in [1.165, 1.54) is 0 Å². The van der Waals surface area contributed by atoms with Crippen molar-refractivity contribution in [3.8, 4) is 0 Å². The fraction of sp³-hybridized carbons (Fsp3) is 0. The maximum absolute atomic E-state index is 7.64. The predicted octanol–water partition coefficient (Wildman–Crippen LogP) is -3.50. The van der Waals surface area contributed by atoms with Crippen molar-refractivity contribution in [2.24, 2.45) is 0 Å². The fourth-order valence-corrected chi connectivity index (χ4v) is 0. The Morgan fingerprint density at radius 1 is 1.14 bits per heavy atom. The Morgan fingerprint density at radius 2 is 1.14 bits per heavy atom. The maximum atomic E-state index is 7.64. The Morgan fingerprint density at radius 3 is 1.14 bits per heavy atom. The Hall–Kier alpha value is 1.98. The van der Waals surface area contributed by atoms with E-state index >= 15 is 0 Å². The normalized spacial score (nSPS) is 8.57. The van der Waals surface area contributed by atoms with Crippen LogP contribution in [-0.2, 0) is 0 Å². The van der Waals surface area contributed by atoms with Gasteiger partial charge in [-0.15, -0.1) is 12.1 Å². The van der Waals surface area contributed by atoms with E-state index in [9.17, 15) is 0 Å². The molecule has 0 aromatic heterocycles. The first kappa shape index (κ1) is 16.0. The molecule has 0 aliphatic carbocycles. The second-order valence-electron chi connectivity index (χ2n) is 0.600. The molecule has 40 valence electrons. The van der Waals surface area contributed by atoms with E-state index in [-0.39, 0.29) is 46.9 Å². The van der Waals surface area contributed by atoms with E-state index < -0.39 is 7.95 Å². The van der Waals surface area contributed by atoms with Gasteiger partial charge in [-0.3, -0.25) is 0 Å². The molecular weight excluding hydrogens is 158 g/mol. The summed E-state index contributed by atoms with van der Waals surface area (Å²) in [5.74, 6) is 0. The summed E-state index contributed by atoms with van der Waals surface area (Å²) >= 11 is 2.93. The number of rotatable bonds is 0. The summed E-state index contributed by atoms with van der Waals surface area (Å²) in [6.07, 6.45) is 0. The van der Waals surface area contributed by atoms with Crippen LogP contribution in [0.4, 0.5) is 0 Å². The van der Waals surface area contributed by atoms with Crippen LogP contribution in [0.25, 0.3) is 0 Å². The monoisotopic (exact) mass is 166 g/mol. The second-order valence-corrected chi connectivity index (χ2v) is 3.60. The van der Waals surface area contributed by atoms with Gasteiger partial charge < -0.3 is 14.4 Å². The molecule has 0 saturated heterocycles. The van der Waals surface area contributed by atoms with E-state index in [1.54, 1.807) is 0 Å². The van der Waals surface area contributed by atoms with Crippen molar-refractivity contribution in [2.75, 3.05) is 0 Å². The molecule has 0 saturated carbocycles. The topological polar surface area (TPSA) is 60.7 Å². The standard InChI is InChI=1S/Al.Na.H4O3SSi.4H/c;;1-5(2,3)4;;;;/h;;1-4H;;;;. The summed E-state index contributed by atoms with van der Waals surface area (Å²) in [6.45, 7) is 0. The number of hydrogen-bond donors (Lipinski definition) is 4. The van der Waals surface area contributed by atoms with Crippen LogP contribution in [0.5, 0.6) is 0 Å². The molecule has 0 unspecified atom stereocenters. The van der Waals surface area contributed by atoms with Crippen LogP contribution >= 0.6 is 12.1 Å². The van der Waals surface area contributed by atoms with Crippen molar-refractivity contribution in [1.29, 1.82) is 0 Å². The Bertz CT molecular complexity index is 30.4. The van der Waals surface area contributed by atoms with E-state index in [4.69, 9.17) is 14.4 Å². The first-order chi connectivity index (χ1) is 2.00. The van der Waals surface area contributed by atoms with Crippen molar-refractivity contribution in [2.45, 2.75) is 0 Å². The van der Waals surface area contributed by atoms with Gasteiger partial charge in [0, 0.05) is 0 Å². The van der Waals surface area contributed by atoms with Crippen LogP contribution in [0, 0.1) is 0 Å². The molecule has 0 atom stereocenters.